The summed E-state index contributed by atoms with van der Waals surface area (Å²) < 4.78 is 5.58. The molecule has 2 fully saturated rings. The van der Waals surface area contributed by atoms with Crippen LogP contribution in [-0.4, -0.2) is 62.1 Å². The van der Waals surface area contributed by atoms with Crippen molar-refractivity contribution in [1.29, 1.82) is 0 Å². The summed E-state index contributed by atoms with van der Waals surface area (Å²) in [5.74, 6) is 0.642. The topological polar surface area (TPSA) is 83.0 Å². The van der Waals surface area contributed by atoms with E-state index in [1.807, 2.05) is 13.8 Å². The van der Waals surface area contributed by atoms with E-state index in [2.05, 4.69) is 10.6 Å². The maximum Gasteiger partial charge on any atom is 0.229 e. The Hall–Kier alpha value is -1.63. The number of amides is 2. The Morgan fingerprint density at radius 3 is 2.44 bits per heavy atom. The molecule has 0 aromatic carbocycles. The Bertz CT molecular complexity index is 499. The number of imide groups is 1. The minimum Gasteiger partial charge on any atom is -0.382 e. The van der Waals surface area contributed by atoms with Crippen LogP contribution in [0.3, 0.4) is 0 Å². The molecule has 0 aromatic rings. The second-order valence-corrected chi connectivity index (χ2v) is 7.57. The van der Waals surface area contributed by atoms with Gasteiger partial charge in [0.1, 0.15) is 0 Å². The third-order valence-corrected chi connectivity index (χ3v) is 5.57. The maximum absolute atomic E-state index is 11.9. The summed E-state index contributed by atoms with van der Waals surface area (Å²) in [6, 6.07) is 0. The molecule has 2 amide bonds. The molecule has 0 radical (unpaired) electrons. The fourth-order valence-electron chi connectivity index (χ4n) is 3.97. The van der Waals surface area contributed by atoms with Crippen LogP contribution in [0.4, 0.5) is 0 Å². The summed E-state index contributed by atoms with van der Waals surface area (Å²) in [5, 5.41) is 6.55. The van der Waals surface area contributed by atoms with Crippen molar-refractivity contribution in [3.05, 3.63) is 0 Å². The van der Waals surface area contributed by atoms with Crippen LogP contribution in [0.1, 0.15) is 65.2 Å². The zero-order valence-corrected chi connectivity index (χ0v) is 17.0. The maximum atomic E-state index is 11.9. The van der Waals surface area contributed by atoms with Crippen LogP contribution in [0, 0.1) is 5.41 Å². The lowest BCUT2D eigenvalue weighted by atomic mass is 9.83. The Morgan fingerprint density at radius 1 is 1.11 bits per heavy atom. The summed E-state index contributed by atoms with van der Waals surface area (Å²) >= 11 is 0. The molecule has 7 nitrogen and oxygen atoms in total. The number of guanidine groups is 1. The van der Waals surface area contributed by atoms with Gasteiger partial charge in [-0.2, -0.15) is 0 Å². The van der Waals surface area contributed by atoms with Crippen LogP contribution in [0.15, 0.2) is 4.99 Å². The number of hydrogen-bond donors (Lipinski definition) is 2. The second-order valence-electron chi connectivity index (χ2n) is 7.57. The lowest BCUT2D eigenvalue weighted by Gasteiger charge is -2.28. The van der Waals surface area contributed by atoms with Crippen molar-refractivity contribution in [2.75, 3.05) is 39.4 Å². The van der Waals surface area contributed by atoms with E-state index in [-0.39, 0.29) is 17.2 Å². The van der Waals surface area contributed by atoms with Crippen molar-refractivity contribution in [3.8, 4) is 0 Å². The van der Waals surface area contributed by atoms with Gasteiger partial charge in [0.25, 0.3) is 0 Å². The standard InChI is InChI=1S/C20H36N4O3/c1-3-21-19(22-13-14-24-17(25)8-7-9-18(24)26)23-16-20(10-5-6-11-20)12-15-27-4-2/h3-16H2,1-2H3,(H2,21,22,23). The van der Waals surface area contributed by atoms with Crippen LogP contribution in [-0.2, 0) is 14.3 Å². The van der Waals surface area contributed by atoms with E-state index < -0.39 is 0 Å². The predicted octanol–water partition coefficient (Wildman–Crippen LogP) is 2.07. The lowest BCUT2D eigenvalue weighted by Crippen LogP contribution is -2.46. The van der Waals surface area contributed by atoms with E-state index >= 15 is 0 Å². The SMILES string of the molecule is CCNC(=NCC1(CCOCC)CCCC1)NCCN1C(=O)CCCC1=O. The molecule has 2 aliphatic rings. The van der Waals surface area contributed by atoms with Crippen molar-refractivity contribution < 1.29 is 14.3 Å². The second kappa shape index (κ2) is 11.3. The highest BCUT2D eigenvalue weighted by atomic mass is 16.5. The van der Waals surface area contributed by atoms with Gasteiger partial charge in [0.15, 0.2) is 5.96 Å². The Kier molecular flexibility index (Phi) is 9.04. The molecule has 1 aliphatic carbocycles. The van der Waals surface area contributed by atoms with Crippen LogP contribution in [0.25, 0.3) is 0 Å². The average molecular weight is 381 g/mol. The molecule has 0 bridgehead atoms. The molecule has 1 saturated carbocycles. The van der Waals surface area contributed by atoms with Gasteiger partial charge in [0, 0.05) is 52.2 Å². The van der Waals surface area contributed by atoms with Gasteiger partial charge in [-0.05, 0) is 44.9 Å². The molecule has 0 atom stereocenters. The van der Waals surface area contributed by atoms with E-state index in [0.717, 1.165) is 38.7 Å². The number of likely N-dealkylation sites (tertiary alicyclic amines) is 1. The Morgan fingerprint density at radius 2 is 1.81 bits per heavy atom. The van der Waals surface area contributed by atoms with Crippen LogP contribution < -0.4 is 10.6 Å². The van der Waals surface area contributed by atoms with Gasteiger partial charge in [-0.15, -0.1) is 0 Å². The number of aliphatic imine (C=N–C) groups is 1. The first-order valence-corrected chi connectivity index (χ1v) is 10.5. The summed E-state index contributed by atoms with van der Waals surface area (Å²) in [4.78, 5) is 30.0. The molecular weight excluding hydrogens is 344 g/mol. The van der Waals surface area contributed by atoms with Crippen LogP contribution >= 0.6 is 0 Å². The van der Waals surface area contributed by atoms with Crippen LogP contribution in [0.2, 0.25) is 0 Å². The highest BCUT2D eigenvalue weighted by molar-refractivity contribution is 5.97. The Labute approximate surface area is 163 Å². The average Bonchev–Trinajstić information content (AvgIpc) is 3.11. The smallest absolute Gasteiger partial charge is 0.229 e. The fraction of sp³-hybridized carbons (Fsp3) is 0.850. The quantitative estimate of drug-likeness (QED) is 0.262. The number of rotatable bonds is 10. The van der Waals surface area contributed by atoms with Crippen molar-refractivity contribution in [1.82, 2.24) is 15.5 Å². The molecule has 27 heavy (non-hydrogen) atoms. The van der Waals surface area contributed by atoms with Crippen molar-refractivity contribution in [2.45, 2.75) is 65.2 Å². The fourth-order valence-corrected chi connectivity index (χ4v) is 3.97. The number of piperidine rings is 1. The predicted molar refractivity (Wildman–Crippen MR) is 107 cm³/mol. The number of ether oxygens (including phenoxy) is 1. The molecule has 0 spiro atoms. The minimum atomic E-state index is -0.0594. The monoisotopic (exact) mass is 380 g/mol. The van der Waals surface area contributed by atoms with E-state index in [1.54, 1.807) is 0 Å². The van der Waals surface area contributed by atoms with Crippen molar-refractivity contribution in [3.63, 3.8) is 0 Å². The van der Waals surface area contributed by atoms with Gasteiger partial charge < -0.3 is 15.4 Å². The first-order chi connectivity index (χ1) is 13.1. The summed E-state index contributed by atoms with van der Waals surface area (Å²) in [5.41, 5.74) is 0.246. The molecule has 1 heterocycles. The number of nitrogens with one attached hydrogen (secondary N) is 2. The first-order valence-electron chi connectivity index (χ1n) is 10.5. The van der Waals surface area contributed by atoms with Crippen LogP contribution in [0.5, 0.6) is 0 Å². The zero-order valence-electron chi connectivity index (χ0n) is 17.0. The van der Waals surface area contributed by atoms with Gasteiger partial charge in [0.05, 0.1) is 0 Å². The minimum absolute atomic E-state index is 0.0594. The third-order valence-electron chi connectivity index (χ3n) is 5.57. The first kappa shape index (κ1) is 21.7. The number of nitrogens with zero attached hydrogens (tertiary/aromatic N) is 2. The zero-order chi connectivity index (χ0) is 19.5. The number of hydrogen-bond acceptors (Lipinski definition) is 4. The lowest BCUT2D eigenvalue weighted by molar-refractivity contribution is -0.147. The molecule has 7 heteroatoms. The highest BCUT2D eigenvalue weighted by Crippen LogP contribution is 2.41. The van der Waals surface area contributed by atoms with Gasteiger partial charge in [0.2, 0.25) is 11.8 Å². The molecule has 1 saturated heterocycles. The number of carbonyl (C=O) groups is 2. The van der Waals surface area contributed by atoms with Crippen molar-refractivity contribution >= 4 is 17.8 Å². The third kappa shape index (κ3) is 6.79. The highest BCUT2D eigenvalue weighted by Gasteiger charge is 2.33. The normalized spacial score (nSPS) is 20.2. The summed E-state index contributed by atoms with van der Waals surface area (Å²) in [6.07, 6.45) is 7.63. The van der Waals surface area contributed by atoms with Crippen molar-refractivity contribution in [2.24, 2.45) is 10.4 Å². The molecule has 1 aliphatic heterocycles. The summed E-state index contributed by atoms with van der Waals surface area (Å²) in [6.45, 7) is 8.12. The Balaban J connectivity index is 1.86. The molecule has 0 aromatic heterocycles. The molecular formula is C20H36N4O3. The van der Waals surface area contributed by atoms with E-state index in [4.69, 9.17) is 9.73 Å². The largest absolute Gasteiger partial charge is 0.382 e. The van der Waals surface area contributed by atoms with E-state index in [9.17, 15) is 9.59 Å². The molecule has 2 N–H and O–H groups in total. The van der Waals surface area contributed by atoms with Gasteiger partial charge in [-0.3, -0.25) is 19.5 Å². The van der Waals surface area contributed by atoms with E-state index in [1.165, 1.54) is 30.6 Å². The molecule has 2 rings (SSSR count). The van der Waals surface area contributed by atoms with Gasteiger partial charge in [-0.1, -0.05) is 12.8 Å². The molecule has 154 valence electrons. The van der Waals surface area contributed by atoms with E-state index in [0.29, 0.717) is 32.4 Å². The summed E-state index contributed by atoms with van der Waals surface area (Å²) in [7, 11) is 0. The van der Waals surface area contributed by atoms with Gasteiger partial charge in [-0.25, -0.2) is 0 Å². The number of carbonyl (C=O) groups excluding carboxylic acids is 2. The molecule has 0 unspecified atom stereocenters. The van der Waals surface area contributed by atoms with Gasteiger partial charge >= 0.3 is 0 Å².